The maximum atomic E-state index is 11.5. The van der Waals surface area contributed by atoms with Gasteiger partial charge in [0.05, 0.1) is 31.1 Å². The fourth-order valence-electron chi connectivity index (χ4n) is 2.08. The molecule has 0 saturated carbocycles. The van der Waals surface area contributed by atoms with Crippen molar-refractivity contribution in [2.24, 2.45) is 7.05 Å². The van der Waals surface area contributed by atoms with Crippen LogP contribution in [-0.2, 0) is 16.6 Å². The highest BCUT2D eigenvalue weighted by molar-refractivity contribution is 5.69. The first-order valence-corrected chi connectivity index (χ1v) is 6.92. The van der Waals surface area contributed by atoms with Crippen LogP contribution in [0.1, 0.15) is 50.0 Å². The van der Waals surface area contributed by atoms with E-state index >= 15 is 0 Å². The Labute approximate surface area is 119 Å². The Kier molecular flexibility index (Phi) is 6.51. The third kappa shape index (κ3) is 4.23. The monoisotopic (exact) mass is 284 g/mol. The van der Waals surface area contributed by atoms with E-state index in [0.29, 0.717) is 30.2 Å². The Morgan fingerprint density at radius 3 is 2.80 bits per heavy atom. The van der Waals surface area contributed by atoms with E-state index in [-0.39, 0.29) is 12.4 Å². The van der Waals surface area contributed by atoms with Gasteiger partial charge in [-0.2, -0.15) is 5.10 Å². The highest BCUT2D eigenvalue weighted by Crippen LogP contribution is 2.30. The Hall–Kier alpha value is -1.56. The first-order chi connectivity index (χ1) is 9.51. The fraction of sp³-hybridized carbons (Fsp3) is 0.714. The first kappa shape index (κ1) is 16.5. The van der Waals surface area contributed by atoms with Crippen molar-refractivity contribution in [1.82, 2.24) is 9.78 Å². The summed E-state index contributed by atoms with van der Waals surface area (Å²) in [5.41, 5.74) is 1.34. The maximum Gasteiger partial charge on any atom is 0.305 e. The second-order valence-electron chi connectivity index (χ2n) is 4.76. The molecule has 20 heavy (non-hydrogen) atoms. The topological polar surface area (TPSA) is 73.6 Å². The van der Waals surface area contributed by atoms with Gasteiger partial charge >= 0.3 is 5.97 Å². The molecular weight excluding hydrogens is 260 g/mol. The number of aryl methyl sites for hydroxylation is 2. The molecule has 0 radical (unpaired) electrons. The summed E-state index contributed by atoms with van der Waals surface area (Å²) >= 11 is 0. The van der Waals surface area contributed by atoms with E-state index in [1.54, 1.807) is 18.7 Å². The molecule has 114 valence electrons. The number of esters is 1. The SMILES string of the molecule is CCCCOC(=O)CCC(O)c1c(C)nn(C)c1OC. The molecule has 6 heteroatoms. The van der Waals surface area contributed by atoms with Gasteiger partial charge in [0.1, 0.15) is 0 Å². The van der Waals surface area contributed by atoms with E-state index in [4.69, 9.17) is 9.47 Å². The molecule has 1 N–H and O–H groups in total. The second-order valence-corrected chi connectivity index (χ2v) is 4.76. The predicted molar refractivity (Wildman–Crippen MR) is 74.6 cm³/mol. The van der Waals surface area contributed by atoms with Crippen LogP contribution >= 0.6 is 0 Å². The zero-order chi connectivity index (χ0) is 15.1. The van der Waals surface area contributed by atoms with E-state index in [1.165, 1.54) is 7.11 Å². The van der Waals surface area contributed by atoms with Gasteiger partial charge in [-0.1, -0.05) is 13.3 Å². The third-order valence-electron chi connectivity index (χ3n) is 3.12. The third-order valence-corrected chi connectivity index (χ3v) is 3.12. The van der Waals surface area contributed by atoms with E-state index in [1.807, 2.05) is 6.92 Å². The van der Waals surface area contributed by atoms with Gasteiger partial charge in [0.2, 0.25) is 5.88 Å². The standard InChI is InChI=1S/C14H24N2O4/c1-5-6-9-20-12(18)8-7-11(17)13-10(2)15-16(3)14(13)19-4/h11,17H,5-9H2,1-4H3. The van der Waals surface area contributed by atoms with E-state index in [9.17, 15) is 9.90 Å². The van der Waals surface area contributed by atoms with Gasteiger partial charge in [0.15, 0.2) is 0 Å². The normalized spacial score (nSPS) is 12.2. The van der Waals surface area contributed by atoms with Gasteiger partial charge in [-0.05, 0) is 19.8 Å². The molecule has 0 aromatic carbocycles. The highest BCUT2D eigenvalue weighted by Gasteiger charge is 2.22. The summed E-state index contributed by atoms with van der Waals surface area (Å²) in [7, 11) is 3.28. The number of hydrogen-bond donors (Lipinski definition) is 1. The molecule has 0 bridgehead atoms. The van der Waals surface area contributed by atoms with Crippen LogP contribution in [0, 0.1) is 6.92 Å². The number of aliphatic hydroxyl groups excluding tert-OH is 1. The number of carbonyl (C=O) groups is 1. The molecule has 0 saturated heterocycles. The van der Waals surface area contributed by atoms with Crippen molar-refractivity contribution in [3.8, 4) is 5.88 Å². The second kappa shape index (κ2) is 7.89. The van der Waals surface area contributed by atoms with Gasteiger partial charge in [0.25, 0.3) is 0 Å². The van der Waals surface area contributed by atoms with Crippen LogP contribution in [0.25, 0.3) is 0 Å². The number of carbonyl (C=O) groups excluding carboxylic acids is 1. The minimum atomic E-state index is -0.780. The fourth-order valence-corrected chi connectivity index (χ4v) is 2.08. The smallest absolute Gasteiger partial charge is 0.305 e. The molecule has 0 aliphatic carbocycles. The number of methoxy groups -OCH3 is 1. The molecule has 6 nitrogen and oxygen atoms in total. The number of aromatic nitrogens is 2. The first-order valence-electron chi connectivity index (χ1n) is 6.92. The molecule has 0 aliphatic heterocycles. The summed E-state index contributed by atoms with van der Waals surface area (Å²) in [4.78, 5) is 11.5. The highest BCUT2D eigenvalue weighted by atomic mass is 16.5. The lowest BCUT2D eigenvalue weighted by atomic mass is 10.1. The Balaban J connectivity index is 2.55. The Morgan fingerprint density at radius 1 is 1.50 bits per heavy atom. The van der Waals surface area contributed by atoms with Crippen LogP contribution in [0.5, 0.6) is 5.88 Å². The summed E-state index contributed by atoms with van der Waals surface area (Å²) in [6.07, 6.45) is 1.56. The number of unbranched alkanes of at least 4 members (excludes halogenated alkanes) is 1. The van der Waals surface area contributed by atoms with Crippen LogP contribution in [0.3, 0.4) is 0 Å². The summed E-state index contributed by atoms with van der Waals surface area (Å²) in [5, 5.41) is 14.4. The molecule has 0 spiro atoms. The Morgan fingerprint density at radius 2 is 2.20 bits per heavy atom. The number of hydrogen-bond acceptors (Lipinski definition) is 5. The van der Waals surface area contributed by atoms with Gasteiger partial charge in [-0.15, -0.1) is 0 Å². The van der Waals surface area contributed by atoms with Crippen LogP contribution in [-0.4, -0.2) is 34.6 Å². The van der Waals surface area contributed by atoms with Crippen LogP contribution in [0.4, 0.5) is 0 Å². The summed E-state index contributed by atoms with van der Waals surface area (Å²) in [6.45, 7) is 4.29. The lowest BCUT2D eigenvalue weighted by Crippen LogP contribution is -2.09. The van der Waals surface area contributed by atoms with E-state index in [0.717, 1.165) is 12.8 Å². The molecule has 0 amide bonds. The van der Waals surface area contributed by atoms with Crippen molar-refractivity contribution in [3.63, 3.8) is 0 Å². The summed E-state index contributed by atoms with van der Waals surface area (Å²) in [6, 6.07) is 0. The Bertz CT molecular complexity index is 443. The summed E-state index contributed by atoms with van der Waals surface area (Å²) in [5.74, 6) is 0.243. The largest absolute Gasteiger partial charge is 0.481 e. The number of aliphatic hydroxyl groups is 1. The minimum Gasteiger partial charge on any atom is -0.481 e. The number of rotatable bonds is 8. The van der Waals surface area contributed by atoms with Crippen molar-refractivity contribution in [2.75, 3.05) is 13.7 Å². The molecule has 1 aromatic heterocycles. The molecule has 1 heterocycles. The minimum absolute atomic E-state index is 0.183. The number of nitrogens with zero attached hydrogens (tertiary/aromatic N) is 2. The van der Waals surface area contributed by atoms with Gasteiger partial charge < -0.3 is 14.6 Å². The summed E-state index contributed by atoms with van der Waals surface area (Å²) < 4.78 is 11.9. The average molecular weight is 284 g/mol. The van der Waals surface area contributed by atoms with E-state index < -0.39 is 6.10 Å². The quantitative estimate of drug-likeness (QED) is 0.583. The zero-order valence-electron chi connectivity index (χ0n) is 12.7. The van der Waals surface area contributed by atoms with Gasteiger partial charge in [0, 0.05) is 13.5 Å². The molecular formula is C14H24N2O4. The van der Waals surface area contributed by atoms with Crippen molar-refractivity contribution in [1.29, 1.82) is 0 Å². The van der Waals surface area contributed by atoms with Crippen LogP contribution in [0.15, 0.2) is 0 Å². The molecule has 1 atom stereocenters. The maximum absolute atomic E-state index is 11.5. The molecule has 1 aromatic rings. The van der Waals surface area contributed by atoms with E-state index in [2.05, 4.69) is 5.10 Å². The van der Waals surface area contributed by atoms with Gasteiger partial charge in [-0.25, -0.2) is 4.68 Å². The van der Waals surface area contributed by atoms with Crippen molar-refractivity contribution in [2.45, 2.75) is 45.6 Å². The van der Waals surface area contributed by atoms with Crippen molar-refractivity contribution >= 4 is 5.97 Å². The van der Waals surface area contributed by atoms with Crippen molar-refractivity contribution < 1.29 is 19.4 Å². The van der Waals surface area contributed by atoms with Crippen LogP contribution in [0.2, 0.25) is 0 Å². The molecule has 0 aliphatic rings. The number of ether oxygens (including phenoxy) is 2. The zero-order valence-corrected chi connectivity index (χ0v) is 12.7. The predicted octanol–water partition coefficient (Wildman–Crippen LogP) is 1.89. The van der Waals surface area contributed by atoms with Gasteiger partial charge in [-0.3, -0.25) is 4.79 Å². The van der Waals surface area contributed by atoms with Crippen molar-refractivity contribution in [3.05, 3.63) is 11.3 Å². The molecule has 0 fully saturated rings. The molecule has 1 unspecified atom stereocenters. The molecule has 1 rings (SSSR count). The average Bonchev–Trinajstić information content (AvgIpc) is 2.70. The lowest BCUT2D eigenvalue weighted by Gasteiger charge is -2.12. The lowest BCUT2D eigenvalue weighted by molar-refractivity contribution is -0.144. The van der Waals surface area contributed by atoms with Crippen LogP contribution < -0.4 is 4.74 Å².